The standard InChI is InChI=1S/C24H28N2O2/c1-17-7-9-18(10-8-17)22(19-11-12-19)16-23(27)25-21-6-4-5-20(15-21)24(28)26-13-2-3-14-26/h4-10,15,19,22H,2-3,11-14,16H2,1H3,(H,25,27). The molecule has 2 fully saturated rings. The maximum atomic E-state index is 12.7. The number of aryl methyl sites for hydroxylation is 1. The average Bonchev–Trinajstić information content (AvgIpc) is 3.39. The largest absolute Gasteiger partial charge is 0.339 e. The second-order valence-electron chi connectivity index (χ2n) is 8.19. The van der Waals surface area contributed by atoms with E-state index in [9.17, 15) is 9.59 Å². The van der Waals surface area contributed by atoms with Crippen molar-refractivity contribution in [3.05, 3.63) is 65.2 Å². The maximum absolute atomic E-state index is 12.7. The lowest BCUT2D eigenvalue weighted by molar-refractivity contribution is -0.116. The normalized spacial score (nSPS) is 17.4. The van der Waals surface area contributed by atoms with Gasteiger partial charge in [-0.05, 0) is 68.2 Å². The van der Waals surface area contributed by atoms with Crippen LogP contribution in [0.15, 0.2) is 48.5 Å². The van der Waals surface area contributed by atoms with Crippen molar-refractivity contribution in [2.24, 2.45) is 5.92 Å². The second-order valence-corrected chi connectivity index (χ2v) is 8.19. The van der Waals surface area contributed by atoms with Crippen LogP contribution < -0.4 is 5.32 Å². The van der Waals surface area contributed by atoms with Crippen molar-refractivity contribution in [3.8, 4) is 0 Å². The third-order valence-electron chi connectivity index (χ3n) is 5.89. The van der Waals surface area contributed by atoms with Crippen molar-refractivity contribution in [1.29, 1.82) is 0 Å². The Morgan fingerprint density at radius 1 is 1.07 bits per heavy atom. The zero-order valence-electron chi connectivity index (χ0n) is 16.5. The van der Waals surface area contributed by atoms with E-state index in [0.717, 1.165) is 25.9 Å². The molecule has 4 heteroatoms. The Hall–Kier alpha value is -2.62. The highest BCUT2D eigenvalue weighted by Gasteiger charge is 2.33. The van der Waals surface area contributed by atoms with Gasteiger partial charge in [-0.2, -0.15) is 0 Å². The number of benzene rings is 2. The summed E-state index contributed by atoms with van der Waals surface area (Å²) in [5.41, 5.74) is 3.84. The van der Waals surface area contributed by atoms with Gasteiger partial charge in [-0.25, -0.2) is 0 Å². The third-order valence-corrected chi connectivity index (χ3v) is 5.89. The fourth-order valence-corrected chi connectivity index (χ4v) is 4.11. The summed E-state index contributed by atoms with van der Waals surface area (Å²) in [6.45, 7) is 3.74. The molecule has 0 spiro atoms. The molecule has 28 heavy (non-hydrogen) atoms. The zero-order chi connectivity index (χ0) is 19.5. The van der Waals surface area contributed by atoms with E-state index in [-0.39, 0.29) is 17.7 Å². The van der Waals surface area contributed by atoms with Gasteiger partial charge in [-0.1, -0.05) is 35.9 Å². The lowest BCUT2D eigenvalue weighted by Gasteiger charge is -2.18. The Morgan fingerprint density at radius 2 is 1.79 bits per heavy atom. The van der Waals surface area contributed by atoms with Crippen molar-refractivity contribution in [3.63, 3.8) is 0 Å². The molecule has 2 aromatic rings. The van der Waals surface area contributed by atoms with Crippen LogP contribution in [-0.4, -0.2) is 29.8 Å². The minimum Gasteiger partial charge on any atom is -0.339 e. The summed E-state index contributed by atoms with van der Waals surface area (Å²) in [5.74, 6) is 0.957. The molecule has 0 aromatic heterocycles. The number of likely N-dealkylation sites (tertiary alicyclic amines) is 1. The Bertz CT molecular complexity index is 849. The molecule has 2 aliphatic rings. The second kappa shape index (κ2) is 8.17. The first kappa shape index (κ1) is 18.7. The first-order chi connectivity index (χ1) is 13.6. The van der Waals surface area contributed by atoms with Crippen LogP contribution in [0.3, 0.4) is 0 Å². The van der Waals surface area contributed by atoms with Gasteiger partial charge in [-0.3, -0.25) is 9.59 Å². The van der Waals surface area contributed by atoms with E-state index >= 15 is 0 Å². The predicted octanol–water partition coefficient (Wildman–Crippen LogP) is 4.75. The number of rotatable bonds is 6. The summed E-state index contributed by atoms with van der Waals surface area (Å²) in [6.07, 6.45) is 5.03. The molecule has 2 amide bonds. The van der Waals surface area contributed by atoms with Crippen LogP contribution in [0, 0.1) is 12.8 Å². The number of anilines is 1. The van der Waals surface area contributed by atoms with E-state index in [0.29, 0.717) is 23.6 Å². The van der Waals surface area contributed by atoms with Crippen molar-refractivity contribution < 1.29 is 9.59 Å². The van der Waals surface area contributed by atoms with Crippen LogP contribution in [0.4, 0.5) is 5.69 Å². The van der Waals surface area contributed by atoms with E-state index in [4.69, 9.17) is 0 Å². The summed E-state index contributed by atoms with van der Waals surface area (Å²) >= 11 is 0. The molecule has 1 heterocycles. The number of carbonyl (C=O) groups is 2. The molecular weight excluding hydrogens is 348 g/mol. The van der Waals surface area contributed by atoms with Gasteiger partial charge in [0.2, 0.25) is 5.91 Å². The number of nitrogens with one attached hydrogen (secondary N) is 1. The van der Waals surface area contributed by atoms with Crippen molar-refractivity contribution in [2.45, 2.75) is 44.9 Å². The van der Waals surface area contributed by atoms with Gasteiger partial charge < -0.3 is 10.2 Å². The van der Waals surface area contributed by atoms with Gasteiger partial charge in [0.1, 0.15) is 0 Å². The maximum Gasteiger partial charge on any atom is 0.253 e. The molecule has 1 saturated carbocycles. The Kier molecular flexibility index (Phi) is 5.47. The lowest BCUT2D eigenvalue weighted by atomic mass is 9.90. The fourth-order valence-electron chi connectivity index (χ4n) is 4.11. The van der Waals surface area contributed by atoms with E-state index in [1.165, 1.54) is 24.0 Å². The van der Waals surface area contributed by atoms with Crippen LogP contribution in [-0.2, 0) is 4.79 Å². The predicted molar refractivity (Wildman–Crippen MR) is 111 cm³/mol. The molecule has 4 nitrogen and oxygen atoms in total. The molecule has 1 atom stereocenters. The highest BCUT2D eigenvalue weighted by Crippen LogP contribution is 2.44. The van der Waals surface area contributed by atoms with Gasteiger partial charge in [0, 0.05) is 30.8 Å². The zero-order valence-corrected chi connectivity index (χ0v) is 16.5. The highest BCUT2D eigenvalue weighted by atomic mass is 16.2. The number of nitrogens with zero attached hydrogens (tertiary/aromatic N) is 1. The first-order valence-corrected chi connectivity index (χ1v) is 10.4. The molecule has 0 radical (unpaired) electrons. The molecule has 1 aliphatic heterocycles. The summed E-state index contributed by atoms with van der Waals surface area (Å²) in [5, 5.41) is 3.01. The molecule has 4 rings (SSSR count). The van der Waals surface area contributed by atoms with Gasteiger partial charge in [0.25, 0.3) is 5.91 Å². The van der Waals surface area contributed by atoms with Crippen molar-refractivity contribution >= 4 is 17.5 Å². The fraction of sp³-hybridized carbons (Fsp3) is 0.417. The van der Waals surface area contributed by atoms with Crippen LogP contribution in [0.2, 0.25) is 0 Å². The van der Waals surface area contributed by atoms with Gasteiger partial charge in [-0.15, -0.1) is 0 Å². The number of hydrogen-bond donors (Lipinski definition) is 1. The Morgan fingerprint density at radius 3 is 2.46 bits per heavy atom. The van der Waals surface area contributed by atoms with E-state index < -0.39 is 0 Å². The average molecular weight is 377 g/mol. The van der Waals surface area contributed by atoms with Gasteiger partial charge in [0.05, 0.1) is 0 Å². The number of carbonyl (C=O) groups excluding carboxylic acids is 2. The quantitative estimate of drug-likeness (QED) is 0.791. The minimum atomic E-state index is 0.0169. The van der Waals surface area contributed by atoms with Crippen LogP contribution in [0.1, 0.15) is 59.5 Å². The first-order valence-electron chi connectivity index (χ1n) is 10.4. The van der Waals surface area contributed by atoms with Crippen LogP contribution in [0.5, 0.6) is 0 Å². The molecule has 2 aromatic carbocycles. The summed E-state index contributed by atoms with van der Waals surface area (Å²) in [4.78, 5) is 27.2. The van der Waals surface area contributed by atoms with Gasteiger partial charge >= 0.3 is 0 Å². The molecule has 1 unspecified atom stereocenters. The van der Waals surface area contributed by atoms with Gasteiger partial charge in [0.15, 0.2) is 0 Å². The molecule has 1 N–H and O–H groups in total. The molecule has 146 valence electrons. The van der Waals surface area contributed by atoms with Crippen LogP contribution >= 0.6 is 0 Å². The highest BCUT2D eigenvalue weighted by molar-refractivity contribution is 5.97. The van der Waals surface area contributed by atoms with Crippen molar-refractivity contribution in [1.82, 2.24) is 4.90 Å². The SMILES string of the molecule is Cc1ccc(C(CC(=O)Nc2cccc(C(=O)N3CCCC3)c2)C2CC2)cc1. The minimum absolute atomic E-state index is 0.0169. The lowest BCUT2D eigenvalue weighted by Crippen LogP contribution is -2.27. The Balaban J connectivity index is 1.42. The molecule has 1 saturated heterocycles. The van der Waals surface area contributed by atoms with E-state index in [1.807, 2.05) is 23.1 Å². The third kappa shape index (κ3) is 4.44. The topological polar surface area (TPSA) is 49.4 Å². The number of hydrogen-bond acceptors (Lipinski definition) is 2. The van der Waals surface area contributed by atoms with E-state index in [2.05, 4.69) is 36.5 Å². The van der Waals surface area contributed by atoms with Crippen LogP contribution in [0.25, 0.3) is 0 Å². The van der Waals surface area contributed by atoms with Crippen molar-refractivity contribution in [2.75, 3.05) is 18.4 Å². The summed E-state index contributed by atoms with van der Waals surface area (Å²) in [7, 11) is 0. The molecule has 0 bridgehead atoms. The number of amides is 2. The molecular formula is C24H28N2O2. The summed E-state index contributed by atoms with van der Waals surface area (Å²) < 4.78 is 0. The smallest absolute Gasteiger partial charge is 0.253 e. The monoisotopic (exact) mass is 376 g/mol. The Labute approximate surface area is 166 Å². The molecule has 1 aliphatic carbocycles. The van der Waals surface area contributed by atoms with E-state index in [1.54, 1.807) is 6.07 Å². The summed E-state index contributed by atoms with van der Waals surface area (Å²) in [6, 6.07) is 15.9.